The molecule has 0 unspecified atom stereocenters. The molecule has 0 spiro atoms. The maximum atomic E-state index is 3.49. The van der Waals surface area contributed by atoms with Crippen LogP contribution in [0, 0.1) is 6.92 Å². The van der Waals surface area contributed by atoms with E-state index in [0.29, 0.717) is 0 Å². The van der Waals surface area contributed by atoms with Crippen LogP contribution in [0.15, 0.2) is 22.7 Å². The summed E-state index contributed by atoms with van der Waals surface area (Å²) in [6.45, 7) is 5.19. The van der Waals surface area contributed by atoms with Crippen LogP contribution in [0.4, 0.5) is 0 Å². The fourth-order valence-corrected chi connectivity index (χ4v) is 1.76. The molecule has 3 heteroatoms. The van der Waals surface area contributed by atoms with Crippen molar-refractivity contribution in [2.24, 2.45) is 0 Å². The fourth-order valence-electron chi connectivity index (χ4n) is 1.36. The molecule has 0 atom stereocenters. The number of nitrogens with zero attached hydrogens (tertiary/aromatic N) is 1. The molecular weight excluding hydrogens is 252 g/mol. The Labute approximate surface area is 101 Å². The van der Waals surface area contributed by atoms with Crippen LogP contribution in [0.2, 0.25) is 0 Å². The molecule has 1 aromatic rings. The summed E-state index contributed by atoms with van der Waals surface area (Å²) in [5.74, 6) is 0. The Hall–Kier alpha value is -0.380. The van der Waals surface area contributed by atoms with E-state index in [1.165, 1.54) is 11.1 Å². The maximum absolute atomic E-state index is 3.49. The monoisotopic (exact) mass is 270 g/mol. The van der Waals surface area contributed by atoms with Crippen molar-refractivity contribution in [3.63, 3.8) is 0 Å². The van der Waals surface area contributed by atoms with Gasteiger partial charge >= 0.3 is 0 Å². The van der Waals surface area contributed by atoms with Crippen LogP contribution in [0.25, 0.3) is 0 Å². The number of benzene rings is 1. The average Bonchev–Trinajstić information content (AvgIpc) is 2.17. The lowest BCUT2D eigenvalue weighted by Crippen LogP contribution is -2.26. The Balaban J connectivity index is 2.40. The molecule has 15 heavy (non-hydrogen) atoms. The number of rotatable bonds is 5. The maximum Gasteiger partial charge on any atom is 0.0209 e. The van der Waals surface area contributed by atoms with E-state index in [-0.39, 0.29) is 0 Å². The van der Waals surface area contributed by atoms with Gasteiger partial charge in [-0.1, -0.05) is 22.0 Å². The molecule has 0 aliphatic rings. The molecule has 0 aliphatic carbocycles. The zero-order valence-corrected chi connectivity index (χ0v) is 11.3. The lowest BCUT2D eigenvalue weighted by atomic mass is 10.1. The summed E-state index contributed by atoms with van der Waals surface area (Å²) in [5.41, 5.74) is 2.71. The lowest BCUT2D eigenvalue weighted by molar-refractivity contribution is 0.400. The molecule has 0 heterocycles. The average molecular weight is 271 g/mol. The number of hydrogen-bond acceptors (Lipinski definition) is 2. The van der Waals surface area contributed by atoms with E-state index in [1.54, 1.807) is 0 Å². The highest BCUT2D eigenvalue weighted by Crippen LogP contribution is 2.15. The summed E-state index contributed by atoms with van der Waals surface area (Å²) in [7, 11) is 4.18. The van der Waals surface area contributed by atoms with Crippen LogP contribution in [0.5, 0.6) is 0 Å². The van der Waals surface area contributed by atoms with Gasteiger partial charge in [0, 0.05) is 24.1 Å². The molecule has 84 valence electrons. The second-order valence-electron chi connectivity index (χ2n) is 4.05. The van der Waals surface area contributed by atoms with Gasteiger partial charge < -0.3 is 10.2 Å². The summed E-state index contributed by atoms with van der Waals surface area (Å²) < 4.78 is 1.15. The summed E-state index contributed by atoms with van der Waals surface area (Å²) in [4.78, 5) is 2.18. The molecule has 0 saturated carbocycles. The van der Waals surface area contributed by atoms with E-state index >= 15 is 0 Å². The number of halogens is 1. The van der Waals surface area contributed by atoms with Gasteiger partial charge in [-0.2, -0.15) is 0 Å². The largest absolute Gasteiger partial charge is 0.311 e. The third kappa shape index (κ3) is 4.78. The highest BCUT2D eigenvalue weighted by molar-refractivity contribution is 9.10. The molecule has 2 nitrogen and oxygen atoms in total. The molecule has 1 N–H and O–H groups in total. The van der Waals surface area contributed by atoms with Gasteiger partial charge in [0.1, 0.15) is 0 Å². The van der Waals surface area contributed by atoms with Gasteiger partial charge in [-0.25, -0.2) is 0 Å². The molecule has 0 fully saturated rings. The minimum Gasteiger partial charge on any atom is -0.311 e. The SMILES string of the molecule is Cc1ccc(Br)cc1CNCCN(C)C. The fraction of sp³-hybridized carbons (Fsp3) is 0.500. The topological polar surface area (TPSA) is 15.3 Å². The number of likely N-dealkylation sites (N-methyl/N-ethyl adjacent to an activating group) is 1. The first-order valence-electron chi connectivity index (χ1n) is 5.20. The van der Waals surface area contributed by atoms with Crippen molar-refractivity contribution in [3.05, 3.63) is 33.8 Å². The molecule has 0 radical (unpaired) electrons. The molecule has 0 saturated heterocycles. The highest BCUT2D eigenvalue weighted by Gasteiger charge is 1.98. The van der Waals surface area contributed by atoms with E-state index in [4.69, 9.17) is 0 Å². The number of aryl methyl sites for hydroxylation is 1. The first-order chi connectivity index (χ1) is 7.09. The highest BCUT2D eigenvalue weighted by atomic mass is 79.9. The molecule has 0 bridgehead atoms. The van der Waals surface area contributed by atoms with E-state index in [9.17, 15) is 0 Å². The van der Waals surface area contributed by atoms with Crippen LogP contribution in [-0.2, 0) is 6.54 Å². The van der Waals surface area contributed by atoms with Gasteiger partial charge in [-0.15, -0.1) is 0 Å². The van der Waals surface area contributed by atoms with Crippen LogP contribution in [0.1, 0.15) is 11.1 Å². The molecule has 0 aliphatic heterocycles. The number of hydrogen-bond donors (Lipinski definition) is 1. The predicted molar refractivity (Wildman–Crippen MR) is 69.1 cm³/mol. The zero-order chi connectivity index (χ0) is 11.3. The van der Waals surface area contributed by atoms with Crippen molar-refractivity contribution >= 4 is 15.9 Å². The normalized spacial score (nSPS) is 11.0. The van der Waals surface area contributed by atoms with E-state index in [0.717, 1.165) is 24.1 Å². The summed E-state index contributed by atoms with van der Waals surface area (Å²) in [6.07, 6.45) is 0. The third-order valence-electron chi connectivity index (χ3n) is 2.36. The Morgan fingerprint density at radius 1 is 1.33 bits per heavy atom. The molecule has 0 amide bonds. The molecule has 1 rings (SSSR count). The van der Waals surface area contributed by atoms with Crippen LogP contribution >= 0.6 is 15.9 Å². The summed E-state index contributed by atoms with van der Waals surface area (Å²) in [6, 6.07) is 6.41. The lowest BCUT2D eigenvalue weighted by Gasteiger charge is -2.11. The van der Waals surface area contributed by atoms with Crippen molar-refractivity contribution in [1.29, 1.82) is 0 Å². The molecular formula is C12H19BrN2. The van der Waals surface area contributed by atoms with Gasteiger partial charge in [0.25, 0.3) is 0 Å². The Morgan fingerprint density at radius 2 is 2.07 bits per heavy atom. The standard InChI is InChI=1S/C12H19BrN2/c1-10-4-5-12(13)8-11(10)9-14-6-7-15(2)3/h4-5,8,14H,6-7,9H2,1-3H3. The van der Waals surface area contributed by atoms with E-state index in [2.05, 4.69) is 65.4 Å². The van der Waals surface area contributed by atoms with Crippen LogP contribution in [-0.4, -0.2) is 32.1 Å². The van der Waals surface area contributed by atoms with Gasteiger partial charge in [-0.3, -0.25) is 0 Å². The number of nitrogens with one attached hydrogen (secondary N) is 1. The summed E-state index contributed by atoms with van der Waals surface area (Å²) in [5, 5.41) is 3.44. The zero-order valence-electron chi connectivity index (χ0n) is 9.68. The van der Waals surface area contributed by atoms with Crippen LogP contribution in [0.3, 0.4) is 0 Å². The predicted octanol–water partition coefficient (Wildman–Crippen LogP) is 2.41. The van der Waals surface area contributed by atoms with Gasteiger partial charge in [0.05, 0.1) is 0 Å². The smallest absolute Gasteiger partial charge is 0.0209 e. The van der Waals surface area contributed by atoms with Crippen molar-refractivity contribution in [1.82, 2.24) is 10.2 Å². The van der Waals surface area contributed by atoms with Gasteiger partial charge in [0.2, 0.25) is 0 Å². The van der Waals surface area contributed by atoms with Crippen molar-refractivity contribution < 1.29 is 0 Å². The Morgan fingerprint density at radius 3 is 2.73 bits per heavy atom. The molecule has 1 aromatic carbocycles. The van der Waals surface area contributed by atoms with Crippen molar-refractivity contribution in [2.75, 3.05) is 27.2 Å². The van der Waals surface area contributed by atoms with Gasteiger partial charge in [0.15, 0.2) is 0 Å². The third-order valence-corrected chi connectivity index (χ3v) is 2.86. The van der Waals surface area contributed by atoms with Crippen molar-refractivity contribution in [2.45, 2.75) is 13.5 Å². The minimum atomic E-state index is 0.944. The van der Waals surface area contributed by atoms with Gasteiger partial charge in [-0.05, 0) is 44.3 Å². The Kier molecular flexibility index (Phi) is 5.29. The van der Waals surface area contributed by atoms with E-state index < -0.39 is 0 Å². The van der Waals surface area contributed by atoms with Crippen molar-refractivity contribution in [3.8, 4) is 0 Å². The van der Waals surface area contributed by atoms with E-state index in [1.807, 2.05) is 0 Å². The second kappa shape index (κ2) is 6.26. The Bertz CT molecular complexity index is 310. The first-order valence-corrected chi connectivity index (χ1v) is 5.99. The molecule has 0 aromatic heterocycles. The second-order valence-corrected chi connectivity index (χ2v) is 4.97. The summed E-state index contributed by atoms with van der Waals surface area (Å²) >= 11 is 3.49. The minimum absolute atomic E-state index is 0.944. The first kappa shape index (κ1) is 12.7. The van der Waals surface area contributed by atoms with Crippen LogP contribution < -0.4 is 5.32 Å². The quantitative estimate of drug-likeness (QED) is 0.827.